The number of urea groups is 1. The lowest BCUT2D eigenvalue weighted by Gasteiger charge is -2.09. The van der Waals surface area contributed by atoms with E-state index in [2.05, 4.69) is 21.2 Å². The van der Waals surface area contributed by atoms with E-state index >= 15 is 0 Å². The molecule has 0 fully saturated rings. The highest BCUT2D eigenvalue weighted by molar-refractivity contribution is 7.22. The predicted molar refractivity (Wildman–Crippen MR) is 95.7 cm³/mol. The van der Waals surface area contributed by atoms with Crippen LogP contribution < -0.4 is 16.2 Å². The Labute approximate surface area is 150 Å². The van der Waals surface area contributed by atoms with Crippen molar-refractivity contribution in [1.82, 2.24) is 15.8 Å². The van der Waals surface area contributed by atoms with Crippen LogP contribution in [0.4, 0.5) is 9.93 Å². The molecule has 1 aromatic heterocycles. The van der Waals surface area contributed by atoms with Crippen LogP contribution in [0, 0.1) is 0 Å². The fourth-order valence-electron chi connectivity index (χ4n) is 1.94. The van der Waals surface area contributed by atoms with Gasteiger partial charge in [0.15, 0.2) is 5.13 Å². The fraction of sp³-hybridized carbons (Fsp3) is 0. The number of carbonyl (C=O) groups is 2. The summed E-state index contributed by atoms with van der Waals surface area (Å²) >= 11 is 13.2. The number of nitrogens with one attached hydrogen (secondary N) is 3. The van der Waals surface area contributed by atoms with Crippen molar-refractivity contribution in [1.29, 1.82) is 0 Å². The molecule has 0 unspecified atom stereocenters. The molecule has 6 nitrogen and oxygen atoms in total. The first-order chi connectivity index (χ1) is 11.5. The van der Waals surface area contributed by atoms with Gasteiger partial charge in [-0.2, -0.15) is 0 Å². The highest BCUT2D eigenvalue weighted by Gasteiger charge is 2.15. The Kier molecular flexibility index (Phi) is 4.84. The lowest BCUT2D eigenvalue weighted by Crippen LogP contribution is -2.44. The maximum atomic E-state index is 12.0. The van der Waals surface area contributed by atoms with Gasteiger partial charge >= 0.3 is 6.03 Å². The van der Waals surface area contributed by atoms with Gasteiger partial charge in [-0.3, -0.25) is 15.5 Å². The zero-order chi connectivity index (χ0) is 17.1. The first-order valence-corrected chi connectivity index (χ1v) is 8.29. The van der Waals surface area contributed by atoms with Gasteiger partial charge < -0.3 is 0 Å². The zero-order valence-electron chi connectivity index (χ0n) is 12.0. The van der Waals surface area contributed by atoms with Crippen molar-refractivity contribution in [2.75, 3.05) is 5.32 Å². The molecule has 0 spiro atoms. The number of para-hydroxylation sites is 1. The number of anilines is 1. The van der Waals surface area contributed by atoms with E-state index in [1.54, 1.807) is 6.07 Å². The van der Waals surface area contributed by atoms with Gasteiger partial charge in [0.2, 0.25) is 0 Å². The lowest BCUT2D eigenvalue weighted by atomic mass is 10.2. The number of halogens is 2. The summed E-state index contributed by atoms with van der Waals surface area (Å²) in [5.74, 6) is -0.620. The molecule has 0 aliphatic carbocycles. The second kappa shape index (κ2) is 7.04. The minimum absolute atomic E-state index is 0.0844. The third kappa shape index (κ3) is 3.59. The lowest BCUT2D eigenvalue weighted by molar-refractivity contribution is 0.0938. The Balaban J connectivity index is 1.62. The molecular formula is C15H10Cl2N4O2S. The molecule has 0 aliphatic heterocycles. The molecular weight excluding hydrogens is 371 g/mol. The Bertz CT molecular complexity index is 875. The van der Waals surface area contributed by atoms with Crippen molar-refractivity contribution >= 4 is 61.8 Å². The smallest absolute Gasteiger partial charge is 0.282 e. The fourth-order valence-corrected chi connectivity index (χ4v) is 3.37. The Morgan fingerprint density at radius 2 is 1.67 bits per heavy atom. The summed E-state index contributed by atoms with van der Waals surface area (Å²) in [6.07, 6.45) is 0. The number of fused-ring (bicyclic) bond motifs is 1. The van der Waals surface area contributed by atoms with E-state index in [-0.39, 0.29) is 15.6 Å². The average Bonchev–Trinajstić information content (AvgIpc) is 2.95. The molecule has 0 atom stereocenters. The predicted octanol–water partition coefficient (Wildman–Crippen LogP) is 4.07. The number of benzene rings is 2. The number of carbonyl (C=O) groups excluding carboxylic acids is 2. The first kappa shape index (κ1) is 16.5. The number of amides is 3. The van der Waals surface area contributed by atoms with Gasteiger partial charge in [-0.15, -0.1) is 0 Å². The van der Waals surface area contributed by atoms with Crippen molar-refractivity contribution in [3.05, 3.63) is 58.1 Å². The number of nitrogens with zero attached hydrogens (tertiary/aromatic N) is 1. The zero-order valence-corrected chi connectivity index (χ0v) is 14.3. The van der Waals surface area contributed by atoms with E-state index in [1.165, 1.54) is 23.5 Å². The second-order valence-corrected chi connectivity index (χ2v) is 6.46. The maximum Gasteiger partial charge on any atom is 0.339 e. The van der Waals surface area contributed by atoms with Gasteiger partial charge in [0.05, 0.1) is 25.8 Å². The van der Waals surface area contributed by atoms with Crippen LogP contribution in [-0.4, -0.2) is 16.9 Å². The number of hydrazine groups is 1. The number of aromatic nitrogens is 1. The Morgan fingerprint density at radius 3 is 2.38 bits per heavy atom. The van der Waals surface area contributed by atoms with Crippen LogP contribution in [0.25, 0.3) is 10.2 Å². The van der Waals surface area contributed by atoms with E-state index in [9.17, 15) is 9.59 Å². The van der Waals surface area contributed by atoms with Crippen LogP contribution in [-0.2, 0) is 0 Å². The normalized spacial score (nSPS) is 10.4. The van der Waals surface area contributed by atoms with Gasteiger partial charge in [0.1, 0.15) is 0 Å². The number of thiazole rings is 1. The number of hydrogen-bond acceptors (Lipinski definition) is 4. The quantitative estimate of drug-likeness (QED) is 0.585. The standard InChI is InChI=1S/C15H10Cl2N4O2S/c16-8-4-3-5-9(17)12(8)13(22)20-21-14(23)19-15-18-10-6-1-2-7-11(10)24-15/h1-7H,(H,20,22)(H2,18,19,21,23). The summed E-state index contributed by atoms with van der Waals surface area (Å²) in [6.45, 7) is 0. The first-order valence-electron chi connectivity index (χ1n) is 6.71. The highest BCUT2D eigenvalue weighted by Crippen LogP contribution is 2.25. The van der Waals surface area contributed by atoms with Crippen LogP contribution in [0.15, 0.2) is 42.5 Å². The molecule has 0 radical (unpaired) electrons. The summed E-state index contributed by atoms with van der Waals surface area (Å²) in [5, 5.41) is 3.34. The molecule has 9 heteroatoms. The minimum atomic E-state index is -0.634. The molecule has 3 aromatic rings. The Hall–Kier alpha value is -2.35. The molecule has 24 heavy (non-hydrogen) atoms. The third-order valence-electron chi connectivity index (χ3n) is 2.99. The largest absolute Gasteiger partial charge is 0.339 e. The van der Waals surface area contributed by atoms with E-state index < -0.39 is 11.9 Å². The van der Waals surface area contributed by atoms with Crippen molar-refractivity contribution in [3.63, 3.8) is 0 Å². The van der Waals surface area contributed by atoms with E-state index in [0.29, 0.717) is 5.13 Å². The van der Waals surface area contributed by atoms with Crippen molar-refractivity contribution < 1.29 is 9.59 Å². The van der Waals surface area contributed by atoms with Crippen LogP contribution >= 0.6 is 34.5 Å². The van der Waals surface area contributed by atoms with Gasteiger partial charge in [-0.1, -0.05) is 52.7 Å². The SMILES string of the molecule is O=C(NNC(=O)c1c(Cl)cccc1Cl)Nc1nc2ccccc2s1. The summed E-state index contributed by atoms with van der Waals surface area (Å²) in [7, 11) is 0. The van der Waals surface area contributed by atoms with Gasteiger partial charge in [0.25, 0.3) is 5.91 Å². The van der Waals surface area contributed by atoms with Crippen LogP contribution in [0.5, 0.6) is 0 Å². The molecule has 0 saturated heterocycles. The Morgan fingerprint density at radius 1 is 0.958 bits per heavy atom. The van der Waals surface area contributed by atoms with Crippen molar-refractivity contribution in [3.8, 4) is 0 Å². The van der Waals surface area contributed by atoms with Gasteiger partial charge in [0, 0.05) is 0 Å². The highest BCUT2D eigenvalue weighted by atomic mass is 35.5. The molecule has 0 bridgehead atoms. The van der Waals surface area contributed by atoms with E-state index in [1.807, 2.05) is 24.3 Å². The minimum Gasteiger partial charge on any atom is -0.282 e. The van der Waals surface area contributed by atoms with Crippen molar-refractivity contribution in [2.45, 2.75) is 0 Å². The molecule has 3 rings (SSSR count). The van der Waals surface area contributed by atoms with Gasteiger partial charge in [-0.25, -0.2) is 15.2 Å². The monoisotopic (exact) mass is 380 g/mol. The van der Waals surface area contributed by atoms with Crippen LogP contribution in [0.2, 0.25) is 10.0 Å². The second-order valence-electron chi connectivity index (χ2n) is 4.62. The summed E-state index contributed by atoms with van der Waals surface area (Å²) < 4.78 is 0.944. The molecule has 3 amide bonds. The average molecular weight is 381 g/mol. The molecule has 122 valence electrons. The number of hydrogen-bond donors (Lipinski definition) is 3. The summed E-state index contributed by atoms with van der Waals surface area (Å²) in [6, 6.07) is 11.5. The third-order valence-corrected chi connectivity index (χ3v) is 4.58. The molecule has 0 saturated carbocycles. The molecule has 3 N–H and O–H groups in total. The van der Waals surface area contributed by atoms with Crippen molar-refractivity contribution in [2.24, 2.45) is 0 Å². The van der Waals surface area contributed by atoms with Crippen LogP contribution in [0.3, 0.4) is 0 Å². The molecule has 1 heterocycles. The molecule has 0 aliphatic rings. The van der Waals surface area contributed by atoms with Gasteiger partial charge in [-0.05, 0) is 24.3 Å². The maximum absolute atomic E-state index is 12.0. The summed E-state index contributed by atoms with van der Waals surface area (Å²) in [4.78, 5) is 28.2. The molecule has 2 aromatic carbocycles. The van der Waals surface area contributed by atoms with E-state index in [0.717, 1.165) is 10.2 Å². The summed E-state index contributed by atoms with van der Waals surface area (Å²) in [5.41, 5.74) is 5.34. The van der Waals surface area contributed by atoms with Crippen LogP contribution in [0.1, 0.15) is 10.4 Å². The topological polar surface area (TPSA) is 83.1 Å². The van der Waals surface area contributed by atoms with E-state index in [4.69, 9.17) is 23.2 Å². The number of rotatable bonds is 2.